The number of fused-ring (bicyclic) bond motifs is 1. The second-order valence-corrected chi connectivity index (χ2v) is 5.23. The molecule has 0 aliphatic carbocycles. The summed E-state index contributed by atoms with van der Waals surface area (Å²) in [6, 6.07) is 6.81. The van der Waals surface area contributed by atoms with Crippen molar-refractivity contribution in [3.05, 3.63) is 36.0 Å². The summed E-state index contributed by atoms with van der Waals surface area (Å²) in [6.45, 7) is 2.24. The summed E-state index contributed by atoms with van der Waals surface area (Å²) in [5, 5.41) is 22.7. The number of carbonyl (C=O) groups is 2. The summed E-state index contributed by atoms with van der Waals surface area (Å²) >= 11 is 0. The van der Waals surface area contributed by atoms with Gasteiger partial charge in [-0.3, -0.25) is 9.59 Å². The molecule has 2 rings (SSSR count). The van der Waals surface area contributed by atoms with E-state index in [1.165, 1.54) is 0 Å². The van der Waals surface area contributed by atoms with E-state index in [2.05, 4.69) is 5.32 Å². The third-order valence-corrected chi connectivity index (χ3v) is 3.66. The van der Waals surface area contributed by atoms with E-state index in [0.29, 0.717) is 12.0 Å². The highest BCUT2D eigenvalue weighted by Crippen LogP contribution is 2.20. The first-order valence-electron chi connectivity index (χ1n) is 7.24. The zero-order valence-electron chi connectivity index (χ0n) is 12.4. The minimum atomic E-state index is -0.927. The Balaban J connectivity index is 2.07. The number of carbonyl (C=O) groups excluding carboxylic acids is 1. The van der Waals surface area contributed by atoms with Crippen LogP contribution in [0.1, 0.15) is 23.7 Å². The number of aliphatic hydroxyl groups excluding tert-OH is 1. The van der Waals surface area contributed by atoms with Gasteiger partial charge in [0.05, 0.1) is 6.10 Å². The standard InChI is InChI=1S/C16H20N2O4/c1-2-14(16(21)22)17-7-12(20)9-18-8-11(10-19)13-5-3-4-6-15(13)18/h3-6,8,10,12,14,17,20H,2,7,9H2,1H3,(H,21,22)/t12-,14-/m1/s1. The average molecular weight is 304 g/mol. The van der Waals surface area contributed by atoms with Crippen LogP contribution >= 0.6 is 0 Å². The molecule has 0 bridgehead atoms. The number of hydrogen-bond donors (Lipinski definition) is 3. The van der Waals surface area contributed by atoms with Gasteiger partial charge in [-0.15, -0.1) is 0 Å². The van der Waals surface area contributed by atoms with E-state index in [9.17, 15) is 14.7 Å². The van der Waals surface area contributed by atoms with Crippen LogP contribution in [0.2, 0.25) is 0 Å². The van der Waals surface area contributed by atoms with Gasteiger partial charge in [0.1, 0.15) is 6.04 Å². The predicted octanol–water partition coefficient (Wildman–Crippen LogP) is 1.27. The van der Waals surface area contributed by atoms with Gasteiger partial charge in [0, 0.05) is 35.8 Å². The minimum absolute atomic E-state index is 0.174. The summed E-state index contributed by atoms with van der Waals surface area (Å²) in [5.74, 6) is -0.927. The number of para-hydroxylation sites is 1. The third-order valence-electron chi connectivity index (χ3n) is 3.66. The molecule has 22 heavy (non-hydrogen) atoms. The highest BCUT2D eigenvalue weighted by Gasteiger charge is 2.17. The normalized spacial score (nSPS) is 13.9. The Morgan fingerprint density at radius 1 is 1.41 bits per heavy atom. The number of carboxylic acid groups (broad SMARTS) is 1. The monoisotopic (exact) mass is 304 g/mol. The molecule has 3 N–H and O–H groups in total. The molecule has 2 atom stereocenters. The highest BCUT2D eigenvalue weighted by molar-refractivity contribution is 5.97. The summed E-state index contributed by atoms with van der Waals surface area (Å²) in [6.07, 6.45) is 2.20. The molecule has 0 aliphatic rings. The lowest BCUT2D eigenvalue weighted by molar-refractivity contribution is -0.139. The largest absolute Gasteiger partial charge is 0.480 e. The SMILES string of the molecule is CC[C@@H](NC[C@@H](O)Cn1cc(C=O)c2ccccc21)C(=O)O. The second-order valence-electron chi connectivity index (χ2n) is 5.23. The van der Waals surface area contributed by atoms with E-state index in [1.54, 1.807) is 13.1 Å². The van der Waals surface area contributed by atoms with Crippen LogP contribution in [-0.2, 0) is 11.3 Å². The number of aliphatic carboxylic acids is 1. The lowest BCUT2D eigenvalue weighted by Gasteiger charge is -2.17. The first-order valence-corrected chi connectivity index (χ1v) is 7.24. The third kappa shape index (κ3) is 3.52. The van der Waals surface area contributed by atoms with Crippen molar-refractivity contribution in [3.63, 3.8) is 0 Å². The number of nitrogens with zero attached hydrogens (tertiary/aromatic N) is 1. The molecule has 6 nitrogen and oxygen atoms in total. The van der Waals surface area contributed by atoms with Crippen molar-refractivity contribution in [3.8, 4) is 0 Å². The van der Waals surface area contributed by atoms with Gasteiger partial charge in [-0.25, -0.2) is 0 Å². The molecule has 0 saturated heterocycles. The fourth-order valence-electron chi connectivity index (χ4n) is 2.50. The van der Waals surface area contributed by atoms with Gasteiger partial charge in [-0.1, -0.05) is 25.1 Å². The van der Waals surface area contributed by atoms with Crippen LogP contribution in [0.15, 0.2) is 30.5 Å². The Kier molecular flexibility index (Phi) is 5.30. The van der Waals surface area contributed by atoms with Crippen LogP contribution in [0, 0.1) is 0 Å². The Morgan fingerprint density at radius 3 is 2.77 bits per heavy atom. The molecule has 0 aliphatic heterocycles. The van der Waals surface area contributed by atoms with Crippen LogP contribution in [0.4, 0.5) is 0 Å². The van der Waals surface area contributed by atoms with Crippen molar-refractivity contribution >= 4 is 23.2 Å². The first kappa shape index (κ1) is 16.2. The molecule has 2 aromatic rings. The van der Waals surface area contributed by atoms with Gasteiger partial charge in [0.2, 0.25) is 0 Å². The molecule has 6 heteroatoms. The summed E-state index contributed by atoms with van der Waals surface area (Å²) < 4.78 is 1.81. The Bertz CT molecular complexity index is 665. The van der Waals surface area contributed by atoms with Crippen molar-refractivity contribution in [1.29, 1.82) is 0 Å². The van der Waals surface area contributed by atoms with Crippen molar-refractivity contribution in [2.24, 2.45) is 0 Å². The molecular formula is C16H20N2O4. The lowest BCUT2D eigenvalue weighted by Crippen LogP contribution is -2.41. The quantitative estimate of drug-likeness (QED) is 0.639. The van der Waals surface area contributed by atoms with Crippen LogP contribution < -0.4 is 5.32 Å². The molecule has 0 radical (unpaired) electrons. The zero-order chi connectivity index (χ0) is 16.1. The summed E-state index contributed by atoms with van der Waals surface area (Å²) in [4.78, 5) is 22.0. The van der Waals surface area contributed by atoms with E-state index >= 15 is 0 Å². The molecule has 0 unspecified atom stereocenters. The van der Waals surface area contributed by atoms with Gasteiger partial charge in [0.25, 0.3) is 0 Å². The molecule has 1 heterocycles. The molecule has 1 aromatic carbocycles. The second kappa shape index (κ2) is 7.20. The molecule has 1 aromatic heterocycles. The Labute approximate surface area is 128 Å². The first-order chi connectivity index (χ1) is 10.6. The molecule has 0 spiro atoms. The van der Waals surface area contributed by atoms with Gasteiger partial charge < -0.3 is 20.1 Å². The van der Waals surface area contributed by atoms with Gasteiger partial charge in [0.15, 0.2) is 6.29 Å². The number of carboxylic acids is 1. The fraction of sp³-hybridized carbons (Fsp3) is 0.375. The molecular weight excluding hydrogens is 284 g/mol. The van der Waals surface area contributed by atoms with Crippen LogP contribution in [-0.4, -0.2) is 45.7 Å². The van der Waals surface area contributed by atoms with E-state index < -0.39 is 18.1 Å². The van der Waals surface area contributed by atoms with Gasteiger partial charge in [-0.05, 0) is 12.5 Å². The van der Waals surface area contributed by atoms with Gasteiger partial charge >= 0.3 is 5.97 Å². The van der Waals surface area contributed by atoms with E-state index in [-0.39, 0.29) is 13.1 Å². The van der Waals surface area contributed by atoms with Crippen molar-refractivity contribution in [1.82, 2.24) is 9.88 Å². The smallest absolute Gasteiger partial charge is 0.320 e. The minimum Gasteiger partial charge on any atom is -0.480 e. The number of aldehydes is 1. The van der Waals surface area contributed by atoms with Crippen LogP contribution in [0.5, 0.6) is 0 Å². The number of nitrogens with one attached hydrogen (secondary N) is 1. The van der Waals surface area contributed by atoms with Crippen molar-refractivity contribution in [2.75, 3.05) is 6.54 Å². The van der Waals surface area contributed by atoms with E-state index in [4.69, 9.17) is 5.11 Å². The molecule has 0 saturated carbocycles. The fourth-order valence-corrected chi connectivity index (χ4v) is 2.50. The number of aliphatic hydroxyl groups is 1. The van der Waals surface area contributed by atoms with Crippen LogP contribution in [0.3, 0.4) is 0 Å². The molecule has 0 fully saturated rings. The topological polar surface area (TPSA) is 91.6 Å². The zero-order valence-corrected chi connectivity index (χ0v) is 12.4. The number of hydrogen-bond acceptors (Lipinski definition) is 4. The summed E-state index contributed by atoms with van der Waals surface area (Å²) in [5.41, 5.74) is 1.45. The van der Waals surface area contributed by atoms with Crippen molar-refractivity contribution in [2.45, 2.75) is 32.0 Å². The van der Waals surface area contributed by atoms with Crippen LogP contribution in [0.25, 0.3) is 10.9 Å². The van der Waals surface area contributed by atoms with E-state index in [0.717, 1.165) is 17.2 Å². The number of rotatable bonds is 8. The van der Waals surface area contributed by atoms with Crippen molar-refractivity contribution < 1.29 is 19.8 Å². The maximum absolute atomic E-state index is 11.1. The Morgan fingerprint density at radius 2 is 2.14 bits per heavy atom. The maximum atomic E-state index is 11.1. The van der Waals surface area contributed by atoms with E-state index in [1.807, 2.05) is 28.8 Å². The number of aromatic nitrogens is 1. The Hall–Kier alpha value is -2.18. The number of benzene rings is 1. The highest BCUT2D eigenvalue weighted by atomic mass is 16.4. The lowest BCUT2D eigenvalue weighted by atomic mass is 10.2. The predicted molar refractivity (Wildman–Crippen MR) is 83.0 cm³/mol. The molecule has 118 valence electrons. The summed E-state index contributed by atoms with van der Waals surface area (Å²) in [7, 11) is 0. The van der Waals surface area contributed by atoms with Gasteiger partial charge in [-0.2, -0.15) is 0 Å². The maximum Gasteiger partial charge on any atom is 0.320 e. The average Bonchev–Trinajstić information content (AvgIpc) is 2.86. The molecule has 0 amide bonds.